The SMILES string of the molecule is COC(=O)C(C)(Br)CC(=O)C(C)(C)C. The van der Waals surface area contributed by atoms with Crippen molar-refractivity contribution in [3.8, 4) is 0 Å². The normalized spacial score (nSPS) is 15.9. The van der Waals surface area contributed by atoms with Crippen LogP contribution < -0.4 is 0 Å². The Morgan fingerprint density at radius 2 is 1.64 bits per heavy atom. The van der Waals surface area contributed by atoms with Crippen LogP contribution in [0.3, 0.4) is 0 Å². The Labute approximate surface area is 93.3 Å². The van der Waals surface area contributed by atoms with Crippen LogP contribution in [0, 0.1) is 5.41 Å². The molecule has 82 valence electrons. The van der Waals surface area contributed by atoms with Gasteiger partial charge < -0.3 is 4.74 Å². The fourth-order valence-electron chi connectivity index (χ4n) is 0.852. The molecule has 0 aromatic heterocycles. The number of esters is 1. The summed E-state index contributed by atoms with van der Waals surface area (Å²) >= 11 is 3.21. The minimum atomic E-state index is -0.911. The second-order valence-electron chi connectivity index (χ2n) is 4.54. The van der Waals surface area contributed by atoms with E-state index in [9.17, 15) is 9.59 Å². The molecule has 0 N–H and O–H groups in total. The first-order valence-electron chi connectivity index (χ1n) is 4.42. The third-order valence-corrected chi connectivity index (χ3v) is 2.54. The highest BCUT2D eigenvalue weighted by molar-refractivity contribution is 9.10. The predicted molar refractivity (Wildman–Crippen MR) is 58.4 cm³/mol. The van der Waals surface area contributed by atoms with Crippen LogP contribution in [0.15, 0.2) is 0 Å². The maximum atomic E-state index is 11.7. The highest BCUT2D eigenvalue weighted by atomic mass is 79.9. The molecule has 3 nitrogen and oxygen atoms in total. The quantitative estimate of drug-likeness (QED) is 0.581. The lowest BCUT2D eigenvalue weighted by Gasteiger charge is -2.23. The molecule has 0 saturated heterocycles. The molecule has 0 radical (unpaired) electrons. The van der Waals surface area contributed by atoms with Gasteiger partial charge in [-0.25, -0.2) is 0 Å². The van der Waals surface area contributed by atoms with Crippen LogP contribution in [0.2, 0.25) is 0 Å². The summed E-state index contributed by atoms with van der Waals surface area (Å²) in [5.41, 5.74) is -0.428. The molecule has 0 amide bonds. The Hall–Kier alpha value is -0.380. The topological polar surface area (TPSA) is 43.4 Å². The van der Waals surface area contributed by atoms with Crippen molar-refractivity contribution >= 4 is 27.7 Å². The van der Waals surface area contributed by atoms with Crippen LogP contribution >= 0.6 is 15.9 Å². The summed E-state index contributed by atoms with van der Waals surface area (Å²) < 4.78 is 3.68. The molecule has 14 heavy (non-hydrogen) atoms. The zero-order valence-electron chi connectivity index (χ0n) is 9.31. The van der Waals surface area contributed by atoms with Crippen LogP contribution in [0.4, 0.5) is 0 Å². The smallest absolute Gasteiger partial charge is 0.322 e. The van der Waals surface area contributed by atoms with Crippen molar-refractivity contribution < 1.29 is 14.3 Å². The molecule has 0 fully saturated rings. The number of carbonyl (C=O) groups excluding carboxylic acids is 2. The fraction of sp³-hybridized carbons (Fsp3) is 0.800. The van der Waals surface area contributed by atoms with Gasteiger partial charge in [0.15, 0.2) is 0 Å². The zero-order chi connectivity index (χ0) is 11.6. The van der Waals surface area contributed by atoms with Crippen molar-refractivity contribution in [1.29, 1.82) is 0 Å². The minimum Gasteiger partial charge on any atom is -0.468 e. The van der Waals surface area contributed by atoms with E-state index in [1.165, 1.54) is 7.11 Å². The lowest BCUT2D eigenvalue weighted by molar-refractivity contribution is -0.145. The molecule has 0 aliphatic heterocycles. The molecular formula is C10H17BrO3. The molecule has 0 aliphatic carbocycles. The molecular weight excluding hydrogens is 248 g/mol. The van der Waals surface area contributed by atoms with Gasteiger partial charge in [0.2, 0.25) is 0 Å². The van der Waals surface area contributed by atoms with E-state index in [2.05, 4.69) is 20.7 Å². The van der Waals surface area contributed by atoms with Crippen molar-refractivity contribution in [3.63, 3.8) is 0 Å². The van der Waals surface area contributed by atoms with E-state index >= 15 is 0 Å². The van der Waals surface area contributed by atoms with Gasteiger partial charge in [0.1, 0.15) is 10.1 Å². The van der Waals surface area contributed by atoms with Crippen LogP contribution in [-0.2, 0) is 14.3 Å². The van der Waals surface area contributed by atoms with Gasteiger partial charge in [0, 0.05) is 11.8 Å². The van der Waals surface area contributed by atoms with Crippen LogP contribution in [0.25, 0.3) is 0 Å². The van der Waals surface area contributed by atoms with Crippen LogP contribution in [-0.4, -0.2) is 23.2 Å². The van der Waals surface area contributed by atoms with E-state index in [1.54, 1.807) is 6.92 Å². The maximum Gasteiger partial charge on any atom is 0.322 e. The number of ketones is 1. The molecule has 1 unspecified atom stereocenters. The van der Waals surface area contributed by atoms with Gasteiger partial charge >= 0.3 is 5.97 Å². The Balaban J connectivity index is 4.53. The molecule has 0 rings (SSSR count). The molecule has 0 bridgehead atoms. The molecule has 1 atom stereocenters. The maximum absolute atomic E-state index is 11.7. The second kappa shape index (κ2) is 4.43. The minimum absolute atomic E-state index is 0.0299. The Morgan fingerprint density at radius 3 is 1.93 bits per heavy atom. The Kier molecular flexibility index (Phi) is 4.31. The van der Waals surface area contributed by atoms with E-state index in [0.717, 1.165) is 0 Å². The summed E-state index contributed by atoms with van der Waals surface area (Å²) in [4.78, 5) is 22.9. The number of alkyl halides is 1. The first kappa shape index (κ1) is 13.6. The van der Waals surface area contributed by atoms with E-state index in [1.807, 2.05) is 20.8 Å². The number of carbonyl (C=O) groups is 2. The number of Topliss-reactive ketones (excluding diaryl/α,β-unsaturated/α-hetero) is 1. The Morgan fingerprint density at radius 1 is 1.21 bits per heavy atom. The third kappa shape index (κ3) is 3.78. The van der Waals surface area contributed by atoms with Gasteiger partial charge in [0.25, 0.3) is 0 Å². The van der Waals surface area contributed by atoms with Crippen molar-refractivity contribution in [2.75, 3.05) is 7.11 Å². The highest BCUT2D eigenvalue weighted by Gasteiger charge is 2.36. The van der Waals surface area contributed by atoms with Crippen LogP contribution in [0.5, 0.6) is 0 Å². The summed E-state index contributed by atoms with van der Waals surface area (Å²) in [6, 6.07) is 0. The Bertz CT molecular complexity index is 238. The second-order valence-corrected chi connectivity index (χ2v) is 6.29. The predicted octanol–water partition coefficient (Wildman–Crippen LogP) is 2.32. The monoisotopic (exact) mass is 264 g/mol. The highest BCUT2D eigenvalue weighted by Crippen LogP contribution is 2.28. The van der Waals surface area contributed by atoms with Gasteiger partial charge in [-0.1, -0.05) is 36.7 Å². The first-order chi connectivity index (χ1) is 6.11. The summed E-state index contributed by atoms with van der Waals surface area (Å²) in [7, 11) is 1.31. The first-order valence-corrected chi connectivity index (χ1v) is 5.21. The summed E-state index contributed by atoms with van der Waals surface area (Å²) in [5, 5.41) is 0. The lowest BCUT2D eigenvalue weighted by Crippen LogP contribution is -2.36. The number of hydrogen-bond donors (Lipinski definition) is 0. The van der Waals surface area contributed by atoms with Crippen molar-refractivity contribution in [3.05, 3.63) is 0 Å². The van der Waals surface area contributed by atoms with E-state index < -0.39 is 15.7 Å². The van der Waals surface area contributed by atoms with E-state index in [4.69, 9.17) is 0 Å². The fourth-order valence-corrected chi connectivity index (χ4v) is 1.27. The molecule has 0 spiro atoms. The van der Waals surface area contributed by atoms with E-state index in [0.29, 0.717) is 0 Å². The van der Waals surface area contributed by atoms with Gasteiger partial charge in [-0.05, 0) is 6.92 Å². The molecule has 0 aliphatic rings. The van der Waals surface area contributed by atoms with Gasteiger partial charge in [0.05, 0.1) is 7.11 Å². The summed E-state index contributed by atoms with van der Waals surface area (Å²) in [6.07, 6.45) is 0.142. The molecule has 0 heterocycles. The standard InChI is InChI=1S/C10H17BrO3/c1-9(2,3)7(12)6-10(4,11)8(13)14-5/h6H2,1-5H3. The summed E-state index contributed by atoms with van der Waals surface area (Å²) in [6.45, 7) is 7.13. The number of rotatable bonds is 3. The molecule has 4 heteroatoms. The largest absolute Gasteiger partial charge is 0.468 e. The third-order valence-electron chi connectivity index (χ3n) is 1.94. The molecule has 0 aromatic rings. The summed E-state index contributed by atoms with van der Waals surface area (Å²) in [5.74, 6) is -0.391. The molecule has 0 aromatic carbocycles. The number of hydrogen-bond acceptors (Lipinski definition) is 3. The number of halogens is 1. The lowest BCUT2D eigenvalue weighted by atomic mass is 9.85. The van der Waals surface area contributed by atoms with Crippen molar-refractivity contribution in [2.24, 2.45) is 5.41 Å². The van der Waals surface area contributed by atoms with E-state index in [-0.39, 0.29) is 12.2 Å². The zero-order valence-corrected chi connectivity index (χ0v) is 10.9. The van der Waals surface area contributed by atoms with Gasteiger partial charge in [-0.2, -0.15) is 0 Å². The number of ether oxygens (including phenoxy) is 1. The average Bonchev–Trinajstić information content (AvgIpc) is 2.00. The van der Waals surface area contributed by atoms with Gasteiger partial charge in [-0.3, -0.25) is 9.59 Å². The average molecular weight is 265 g/mol. The van der Waals surface area contributed by atoms with Gasteiger partial charge in [-0.15, -0.1) is 0 Å². The molecule has 0 saturated carbocycles. The van der Waals surface area contributed by atoms with Crippen molar-refractivity contribution in [2.45, 2.75) is 38.4 Å². The van der Waals surface area contributed by atoms with Crippen LogP contribution in [0.1, 0.15) is 34.1 Å². The van der Waals surface area contributed by atoms with Crippen molar-refractivity contribution in [1.82, 2.24) is 0 Å². The number of methoxy groups -OCH3 is 1.